The number of rotatable bonds is 4. The van der Waals surface area contributed by atoms with E-state index in [-0.39, 0.29) is 24.5 Å². The minimum Gasteiger partial charge on any atom is -0.466 e. The zero-order chi connectivity index (χ0) is 21.1. The van der Waals surface area contributed by atoms with Crippen LogP contribution in [0.2, 0.25) is 0 Å². The molecule has 30 heavy (non-hydrogen) atoms. The van der Waals surface area contributed by atoms with Crippen molar-refractivity contribution in [3.8, 4) is 5.69 Å². The summed E-state index contributed by atoms with van der Waals surface area (Å²) in [5.41, 5.74) is 4.80. The highest BCUT2D eigenvalue weighted by Crippen LogP contribution is 2.32. The van der Waals surface area contributed by atoms with Crippen LogP contribution in [0, 0.1) is 0 Å². The molecule has 1 aromatic heterocycles. The van der Waals surface area contributed by atoms with E-state index in [1.54, 1.807) is 6.92 Å². The number of carbonyl (C=O) groups is 2. The van der Waals surface area contributed by atoms with E-state index in [9.17, 15) is 9.59 Å². The number of esters is 1. The van der Waals surface area contributed by atoms with E-state index in [0.717, 1.165) is 22.5 Å². The highest BCUT2D eigenvalue weighted by molar-refractivity contribution is 5.90. The molecule has 0 aliphatic carbocycles. The molecule has 2 amide bonds. The van der Waals surface area contributed by atoms with Gasteiger partial charge in [0, 0.05) is 17.6 Å². The van der Waals surface area contributed by atoms with Crippen molar-refractivity contribution in [2.75, 3.05) is 11.9 Å². The average Bonchev–Trinajstić information content (AvgIpc) is 3.19. The lowest BCUT2D eigenvalue weighted by atomic mass is 10.1. The Kier molecular flexibility index (Phi) is 5.57. The molecule has 0 spiro atoms. The first kappa shape index (κ1) is 19.8. The maximum absolute atomic E-state index is 13.2. The summed E-state index contributed by atoms with van der Waals surface area (Å²) in [5.74, 6) is -0.255. The number of amides is 2. The molecule has 0 unspecified atom stereocenters. The van der Waals surface area contributed by atoms with Gasteiger partial charge in [0.15, 0.2) is 0 Å². The summed E-state index contributed by atoms with van der Waals surface area (Å²) >= 11 is 0. The van der Waals surface area contributed by atoms with Gasteiger partial charge in [-0.25, -0.2) is 4.79 Å². The minimum atomic E-state index is -0.255. The normalized spacial score (nSPS) is 15.0. The smallest absolute Gasteiger partial charge is 0.322 e. The molecular formula is C24H25N3O3. The highest BCUT2D eigenvalue weighted by atomic mass is 16.5. The summed E-state index contributed by atoms with van der Waals surface area (Å²) < 4.78 is 7.13. The summed E-state index contributed by atoms with van der Waals surface area (Å²) in [5, 5.41) is 2.99. The van der Waals surface area contributed by atoms with Gasteiger partial charge in [0.25, 0.3) is 0 Å². The van der Waals surface area contributed by atoms with Crippen molar-refractivity contribution in [1.29, 1.82) is 0 Å². The van der Waals surface area contributed by atoms with E-state index in [2.05, 4.69) is 28.1 Å². The van der Waals surface area contributed by atoms with Crippen LogP contribution in [0.25, 0.3) is 5.69 Å². The number of benzene rings is 2. The molecule has 0 fully saturated rings. The van der Waals surface area contributed by atoms with Crippen LogP contribution in [0.1, 0.15) is 36.7 Å². The predicted octanol–water partition coefficient (Wildman–Crippen LogP) is 4.69. The number of nitrogens with zero attached hydrogens (tertiary/aromatic N) is 2. The molecule has 2 heterocycles. The van der Waals surface area contributed by atoms with E-state index >= 15 is 0 Å². The van der Waals surface area contributed by atoms with Gasteiger partial charge in [0.1, 0.15) is 0 Å². The number of aromatic nitrogens is 1. The largest absolute Gasteiger partial charge is 0.466 e. The second kappa shape index (κ2) is 8.45. The number of hydrogen-bond donors (Lipinski definition) is 1. The van der Waals surface area contributed by atoms with E-state index in [4.69, 9.17) is 4.74 Å². The number of urea groups is 1. The van der Waals surface area contributed by atoms with Gasteiger partial charge in [0.05, 0.1) is 31.3 Å². The number of fused-ring (bicyclic) bond motifs is 3. The quantitative estimate of drug-likeness (QED) is 0.643. The zero-order valence-electron chi connectivity index (χ0n) is 17.2. The third-order valence-electron chi connectivity index (χ3n) is 5.39. The van der Waals surface area contributed by atoms with Gasteiger partial charge >= 0.3 is 12.0 Å². The number of ether oxygens (including phenoxy) is 1. The fourth-order valence-electron chi connectivity index (χ4n) is 3.84. The van der Waals surface area contributed by atoms with Crippen molar-refractivity contribution >= 4 is 17.7 Å². The molecule has 1 N–H and O–H groups in total. The maximum Gasteiger partial charge on any atom is 0.322 e. The number of hydrogen-bond acceptors (Lipinski definition) is 3. The fraction of sp³-hybridized carbons (Fsp3) is 0.250. The Morgan fingerprint density at radius 1 is 1.07 bits per heavy atom. The molecule has 1 aliphatic heterocycles. The lowest BCUT2D eigenvalue weighted by Gasteiger charge is -2.27. The molecule has 0 saturated heterocycles. The Morgan fingerprint density at radius 2 is 1.83 bits per heavy atom. The number of nitrogens with one attached hydrogen (secondary N) is 1. The first-order valence-electron chi connectivity index (χ1n) is 10.1. The van der Waals surface area contributed by atoms with Crippen LogP contribution in [0.5, 0.6) is 0 Å². The second-order valence-electron chi connectivity index (χ2n) is 7.34. The van der Waals surface area contributed by atoms with Gasteiger partial charge in [-0.1, -0.05) is 30.3 Å². The van der Waals surface area contributed by atoms with Crippen molar-refractivity contribution in [2.45, 2.75) is 32.9 Å². The first-order chi connectivity index (χ1) is 14.6. The highest BCUT2D eigenvalue weighted by Gasteiger charge is 2.28. The van der Waals surface area contributed by atoms with E-state index < -0.39 is 0 Å². The molecular weight excluding hydrogens is 378 g/mol. The summed E-state index contributed by atoms with van der Waals surface area (Å²) in [6.45, 7) is 4.72. The van der Waals surface area contributed by atoms with E-state index in [1.807, 2.05) is 60.5 Å². The van der Waals surface area contributed by atoms with Crippen molar-refractivity contribution in [3.63, 3.8) is 0 Å². The third-order valence-corrected chi connectivity index (χ3v) is 5.39. The monoisotopic (exact) mass is 403 g/mol. The molecule has 2 aromatic carbocycles. The van der Waals surface area contributed by atoms with Crippen LogP contribution in [-0.4, -0.2) is 28.1 Å². The molecule has 4 rings (SSSR count). The van der Waals surface area contributed by atoms with Crippen LogP contribution in [-0.2, 0) is 22.5 Å². The van der Waals surface area contributed by atoms with Crippen LogP contribution < -0.4 is 5.32 Å². The topological polar surface area (TPSA) is 63.6 Å². The van der Waals surface area contributed by atoms with Crippen molar-refractivity contribution in [3.05, 3.63) is 83.7 Å². The summed E-state index contributed by atoms with van der Waals surface area (Å²) in [6.07, 6.45) is 2.26. The molecule has 0 saturated carbocycles. The van der Waals surface area contributed by atoms with Crippen LogP contribution in [0.4, 0.5) is 10.5 Å². The van der Waals surface area contributed by atoms with E-state index in [1.165, 1.54) is 0 Å². The zero-order valence-corrected chi connectivity index (χ0v) is 17.2. The molecule has 0 radical (unpaired) electrons. The molecule has 154 valence electrons. The lowest BCUT2D eigenvalue weighted by molar-refractivity contribution is -0.142. The van der Waals surface area contributed by atoms with Crippen molar-refractivity contribution < 1.29 is 14.3 Å². The third kappa shape index (κ3) is 3.94. The van der Waals surface area contributed by atoms with E-state index in [0.29, 0.717) is 18.8 Å². The Balaban J connectivity index is 1.52. The Bertz CT molecular complexity index is 1060. The van der Waals surface area contributed by atoms with Crippen LogP contribution in [0.3, 0.4) is 0 Å². The summed E-state index contributed by atoms with van der Waals surface area (Å²) in [6, 6.07) is 19.2. The van der Waals surface area contributed by atoms with Crippen LogP contribution in [0.15, 0.2) is 66.9 Å². The first-order valence-corrected chi connectivity index (χ1v) is 10.1. The molecule has 1 aliphatic rings. The van der Waals surface area contributed by atoms with Crippen molar-refractivity contribution in [2.24, 2.45) is 0 Å². The number of para-hydroxylation sites is 1. The minimum absolute atomic E-state index is 0.0875. The molecule has 6 heteroatoms. The van der Waals surface area contributed by atoms with Crippen LogP contribution >= 0.6 is 0 Å². The summed E-state index contributed by atoms with van der Waals surface area (Å²) in [7, 11) is 0. The van der Waals surface area contributed by atoms with Gasteiger partial charge in [-0.2, -0.15) is 0 Å². The Hall–Kier alpha value is -3.54. The number of carbonyl (C=O) groups excluding carboxylic acids is 2. The van der Waals surface area contributed by atoms with Crippen molar-refractivity contribution in [1.82, 2.24) is 9.47 Å². The number of anilines is 1. The Morgan fingerprint density at radius 3 is 2.60 bits per heavy atom. The summed E-state index contributed by atoms with van der Waals surface area (Å²) in [4.78, 5) is 26.6. The molecule has 0 bridgehead atoms. The van der Waals surface area contributed by atoms with Gasteiger partial charge in [-0.05, 0) is 55.3 Å². The van der Waals surface area contributed by atoms with Gasteiger partial charge in [-0.15, -0.1) is 0 Å². The molecule has 1 atom stereocenters. The standard InChI is InChI=1S/C24H25N3O3/c1-3-30-23(28)15-18-10-12-20(13-11-18)25-24(29)27-16-19-7-4-5-8-22(19)26-14-6-9-21(26)17(27)2/h4-14,17H,3,15-16H2,1-2H3,(H,25,29)/t17-/m1/s1. The second-order valence-corrected chi connectivity index (χ2v) is 7.34. The molecule has 3 aromatic rings. The fourth-order valence-corrected chi connectivity index (χ4v) is 3.84. The predicted molar refractivity (Wildman–Crippen MR) is 116 cm³/mol. The molecule has 6 nitrogen and oxygen atoms in total. The van der Waals surface area contributed by atoms with Gasteiger partial charge < -0.3 is 19.5 Å². The van der Waals surface area contributed by atoms with Gasteiger partial charge in [0.2, 0.25) is 0 Å². The van der Waals surface area contributed by atoms with Gasteiger partial charge in [-0.3, -0.25) is 4.79 Å². The lowest BCUT2D eigenvalue weighted by Crippen LogP contribution is -2.36. The average molecular weight is 403 g/mol. The SMILES string of the molecule is CCOC(=O)Cc1ccc(NC(=O)N2Cc3ccccc3-n3cccc3[C@H]2C)cc1. The Labute approximate surface area is 176 Å². The maximum atomic E-state index is 13.2.